The first-order valence-electron chi connectivity index (χ1n) is 3.88. The highest BCUT2D eigenvalue weighted by molar-refractivity contribution is 5.80. The molecule has 70 valence electrons. The maximum atomic E-state index is 5.40. The van der Waals surface area contributed by atoms with Crippen molar-refractivity contribution in [3.63, 3.8) is 0 Å². The monoisotopic (exact) mass is 179 g/mol. The van der Waals surface area contributed by atoms with Gasteiger partial charge in [0.15, 0.2) is 0 Å². The number of aliphatic imine (C=N–C) groups is 1. The minimum absolute atomic E-state index is 0.175. The van der Waals surface area contributed by atoms with E-state index in [0.717, 1.165) is 17.1 Å². The second-order valence-corrected chi connectivity index (χ2v) is 2.70. The number of guanidine groups is 1. The van der Waals surface area contributed by atoms with Crippen LogP contribution in [0.2, 0.25) is 0 Å². The zero-order chi connectivity index (χ0) is 9.84. The highest BCUT2D eigenvalue weighted by atomic mass is 15.3. The third-order valence-electron chi connectivity index (χ3n) is 1.59. The number of nitrogens with one attached hydrogen (secondary N) is 1. The van der Waals surface area contributed by atoms with Crippen LogP contribution in [0.4, 0.5) is 5.69 Å². The van der Waals surface area contributed by atoms with Crippen LogP contribution in [0.15, 0.2) is 17.1 Å². The summed E-state index contributed by atoms with van der Waals surface area (Å²) < 4.78 is 0. The van der Waals surface area contributed by atoms with Crippen molar-refractivity contribution in [2.45, 2.75) is 13.8 Å². The number of hydrogen-bond donors (Lipinski definition) is 3. The maximum Gasteiger partial charge on any atom is 0.208 e. The molecule has 0 aliphatic carbocycles. The van der Waals surface area contributed by atoms with Gasteiger partial charge in [-0.2, -0.15) is 0 Å². The van der Waals surface area contributed by atoms with Crippen LogP contribution in [0.5, 0.6) is 0 Å². The summed E-state index contributed by atoms with van der Waals surface area (Å²) in [4.78, 5) is 8.24. The number of rotatable bonds is 1. The highest BCUT2D eigenvalue weighted by Gasteiger charge is 1.98. The molecule has 1 aromatic heterocycles. The van der Waals surface area contributed by atoms with Gasteiger partial charge in [-0.3, -0.25) is 10.4 Å². The van der Waals surface area contributed by atoms with Crippen molar-refractivity contribution in [1.82, 2.24) is 10.4 Å². The van der Waals surface area contributed by atoms with Crippen molar-refractivity contribution in [2.24, 2.45) is 16.6 Å². The third kappa shape index (κ3) is 2.41. The standard InChI is InChI=1S/C8H13N5/c1-5-3-4-7(6(2)11-5)12-8(9)13-10/h3-4H,10H2,1-2H3,(H3,9,12,13). The van der Waals surface area contributed by atoms with Gasteiger partial charge in [0.25, 0.3) is 0 Å². The lowest BCUT2D eigenvalue weighted by atomic mass is 10.3. The van der Waals surface area contributed by atoms with Crippen molar-refractivity contribution in [3.8, 4) is 0 Å². The summed E-state index contributed by atoms with van der Waals surface area (Å²) >= 11 is 0. The van der Waals surface area contributed by atoms with Gasteiger partial charge in [0, 0.05) is 5.69 Å². The maximum absolute atomic E-state index is 5.40. The van der Waals surface area contributed by atoms with Crippen molar-refractivity contribution in [1.29, 1.82) is 0 Å². The minimum Gasteiger partial charge on any atom is -0.369 e. The van der Waals surface area contributed by atoms with Crippen LogP contribution in [-0.2, 0) is 0 Å². The summed E-state index contributed by atoms with van der Waals surface area (Å²) in [5.41, 5.74) is 10.2. The van der Waals surface area contributed by atoms with Crippen molar-refractivity contribution in [2.75, 3.05) is 0 Å². The minimum atomic E-state index is 0.175. The van der Waals surface area contributed by atoms with E-state index < -0.39 is 0 Å². The lowest BCUT2D eigenvalue weighted by molar-refractivity contribution is 1.00. The summed E-state index contributed by atoms with van der Waals surface area (Å²) in [6, 6.07) is 3.72. The normalized spacial score (nSPS) is 11.5. The fourth-order valence-electron chi connectivity index (χ4n) is 0.959. The molecule has 0 amide bonds. The van der Waals surface area contributed by atoms with Gasteiger partial charge in [0.1, 0.15) is 0 Å². The van der Waals surface area contributed by atoms with Gasteiger partial charge in [0.05, 0.1) is 11.4 Å². The van der Waals surface area contributed by atoms with Gasteiger partial charge < -0.3 is 5.73 Å². The molecule has 0 aliphatic rings. The molecular formula is C8H13N5. The average molecular weight is 179 g/mol. The Morgan fingerprint density at radius 3 is 2.69 bits per heavy atom. The van der Waals surface area contributed by atoms with E-state index in [1.54, 1.807) is 0 Å². The first-order valence-corrected chi connectivity index (χ1v) is 3.88. The Bertz CT molecular complexity index is 331. The van der Waals surface area contributed by atoms with E-state index in [0.29, 0.717) is 0 Å². The van der Waals surface area contributed by atoms with Crippen LogP contribution in [0.25, 0.3) is 0 Å². The molecule has 0 aromatic carbocycles. The largest absolute Gasteiger partial charge is 0.369 e. The molecule has 0 fully saturated rings. The number of hydrazine groups is 1. The topological polar surface area (TPSA) is 89.3 Å². The van der Waals surface area contributed by atoms with Gasteiger partial charge in [-0.15, -0.1) is 0 Å². The molecule has 5 nitrogen and oxygen atoms in total. The predicted molar refractivity (Wildman–Crippen MR) is 52.3 cm³/mol. The SMILES string of the molecule is Cc1ccc(N=C(N)NN)c(C)n1. The molecular weight excluding hydrogens is 166 g/mol. The van der Waals surface area contributed by atoms with E-state index in [2.05, 4.69) is 15.4 Å². The number of hydrogen-bond acceptors (Lipinski definition) is 3. The lowest BCUT2D eigenvalue weighted by Gasteiger charge is -2.02. The molecule has 0 radical (unpaired) electrons. The fourth-order valence-corrected chi connectivity index (χ4v) is 0.959. The Hall–Kier alpha value is -1.62. The second-order valence-electron chi connectivity index (χ2n) is 2.70. The molecule has 0 spiro atoms. The molecule has 0 unspecified atom stereocenters. The number of nitrogens with two attached hydrogens (primary N) is 2. The van der Waals surface area contributed by atoms with Crippen LogP contribution in [0, 0.1) is 13.8 Å². The second kappa shape index (κ2) is 3.86. The summed E-state index contributed by atoms with van der Waals surface area (Å²) in [7, 11) is 0. The van der Waals surface area contributed by atoms with Crippen LogP contribution in [0.1, 0.15) is 11.4 Å². The van der Waals surface area contributed by atoms with Crippen molar-refractivity contribution < 1.29 is 0 Å². The zero-order valence-electron chi connectivity index (χ0n) is 7.70. The van der Waals surface area contributed by atoms with E-state index in [9.17, 15) is 0 Å². The molecule has 0 atom stereocenters. The van der Waals surface area contributed by atoms with E-state index in [1.807, 2.05) is 26.0 Å². The smallest absolute Gasteiger partial charge is 0.208 e. The molecule has 1 aromatic rings. The van der Waals surface area contributed by atoms with Crippen molar-refractivity contribution >= 4 is 11.6 Å². The molecule has 0 saturated heterocycles. The number of pyridine rings is 1. The molecule has 0 aliphatic heterocycles. The Kier molecular flexibility index (Phi) is 2.81. The van der Waals surface area contributed by atoms with Crippen LogP contribution in [-0.4, -0.2) is 10.9 Å². The van der Waals surface area contributed by atoms with Crippen LogP contribution < -0.4 is 17.0 Å². The number of nitrogens with zero attached hydrogens (tertiary/aromatic N) is 2. The first kappa shape index (κ1) is 9.47. The summed E-state index contributed by atoms with van der Waals surface area (Å²) in [6.45, 7) is 3.79. The average Bonchev–Trinajstić information content (AvgIpc) is 2.09. The predicted octanol–water partition coefficient (Wildman–Crippen LogP) is 0.108. The molecule has 0 bridgehead atoms. The van der Waals surface area contributed by atoms with Crippen LogP contribution in [0.3, 0.4) is 0 Å². The van der Waals surface area contributed by atoms with E-state index in [4.69, 9.17) is 11.6 Å². The molecule has 5 N–H and O–H groups in total. The van der Waals surface area contributed by atoms with E-state index in [-0.39, 0.29) is 5.96 Å². The summed E-state index contributed by atoms with van der Waals surface area (Å²) in [5, 5.41) is 0. The molecule has 5 heteroatoms. The fraction of sp³-hybridized carbons (Fsp3) is 0.250. The quantitative estimate of drug-likeness (QED) is 0.247. The van der Waals surface area contributed by atoms with Gasteiger partial charge in [-0.05, 0) is 26.0 Å². The molecule has 1 heterocycles. The summed E-state index contributed by atoms with van der Waals surface area (Å²) in [5.74, 6) is 5.25. The van der Waals surface area contributed by atoms with Gasteiger partial charge in [-0.1, -0.05) is 0 Å². The van der Waals surface area contributed by atoms with Gasteiger partial charge >= 0.3 is 0 Å². The van der Waals surface area contributed by atoms with Gasteiger partial charge in [0.2, 0.25) is 5.96 Å². The highest BCUT2D eigenvalue weighted by Crippen LogP contribution is 2.15. The number of aryl methyl sites for hydroxylation is 2. The molecule has 1 rings (SSSR count). The Morgan fingerprint density at radius 1 is 1.46 bits per heavy atom. The third-order valence-corrected chi connectivity index (χ3v) is 1.59. The number of aromatic nitrogens is 1. The van der Waals surface area contributed by atoms with E-state index >= 15 is 0 Å². The summed E-state index contributed by atoms with van der Waals surface area (Å²) in [6.07, 6.45) is 0. The Labute approximate surface area is 76.8 Å². The molecule has 13 heavy (non-hydrogen) atoms. The van der Waals surface area contributed by atoms with Crippen LogP contribution >= 0.6 is 0 Å². The van der Waals surface area contributed by atoms with E-state index in [1.165, 1.54) is 0 Å². The molecule has 0 saturated carbocycles. The Balaban J connectivity index is 3.03. The lowest BCUT2D eigenvalue weighted by Crippen LogP contribution is -2.36. The van der Waals surface area contributed by atoms with Crippen molar-refractivity contribution in [3.05, 3.63) is 23.5 Å². The zero-order valence-corrected chi connectivity index (χ0v) is 7.70. The first-order chi connectivity index (χ1) is 6.13. The Morgan fingerprint density at radius 2 is 2.15 bits per heavy atom. The van der Waals surface area contributed by atoms with Gasteiger partial charge in [-0.25, -0.2) is 10.8 Å².